The summed E-state index contributed by atoms with van der Waals surface area (Å²) in [4.78, 5) is 0. The second-order valence-electron chi connectivity index (χ2n) is 4.35. The van der Waals surface area contributed by atoms with E-state index in [4.69, 9.17) is 5.73 Å². The van der Waals surface area contributed by atoms with Crippen molar-refractivity contribution in [3.05, 3.63) is 35.1 Å². The first-order valence-corrected chi connectivity index (χ1v) is 5.29. The van der Waals surface area contributed by atoms with Crippen LogP contribution in [0.15, 0.2) is 18.2 Å². The molecule has 0 unspecified atom stereocenters. The van der Waals surface area contributed by atoms with Crippen molar-refractivity contribution in [2.24, 2.45) is 11.7 Å². The standard InChI is InChI=1S/C12H16FNO.ClH/c1-7-6-9(13)4-5-10(7)11(14)12(15)8-2-3-8;/h4-6,8,11-12,15H,2-3,14H2,1H3;1H/t11-,12+;/m1./s1. The second kappa shape index (κ2) is 5.13. The minimum absolute atomic E-state index is 0. The average molecular weight is 246 g/mol. The molecule has 0 spiro atoms. The number of aliphatic hydroxyl groups is 1. The van der Waals surface area contributed by atoms with Crippen molar-refractivity contribution in [1.82, 2.24) is 0 Å². The van der Waals surface area contributed by atoms with Crippen molar-refractivity contribution in [3.8, 4) is 0 Å². The second-order valence-corrected chi connectivity index (χ2v) is 4.35. The summed E-state index contributed by atoms with van der Waals surface area (Å²) in [6.45, 7) is 1.82. The molecule has 1 aromatic carbocycles. The lowest BCUT2D eigenvalue weighted by molar-refractivity contribution is 0.122. The van der Waals surface area contributed by atoms with Gasteiger partial charge in [0.1, 0.15) is 5.82 Å². The topological polar surface area (TPSA) is 46.2 Å². The molecule has 0 heterocycles. The van der Waals surface area contributed by atoms with E-state index in [1.54, 1.807) is 6.07 Å². The molecule has 2 rings (SSSR count). The van der Waals surface area contributed by atoms with Gasteiger partial charge in [0.25, 0.3) is 0 Å². The summed E-state index contributed by atoms with van der Waals surface area (Å²) in [6.07, 6.45) is 1.61. The maximum Gasteiger partial charge on any atom is 0.123 e. The van der Waals surface area contributed by atoms with E-state index >= 15 is 0 Å². The van der Waals surface area contributed by atoms with E-state index < -0.39 is 12.1 Å². The van der Waals surface area contributed by atoms with E-state index in [1.165, 1.54) is 12.1 Å². The van der Waals surface area contributed by atoms with Gasteiger partial charge in [0.15, 0.2) is 0 Å². The van der Waals surface area contributed by atoms with Gasteiger partial charge in [-0.3, -0.25) is 0 Å². The number of aliphatic hydroxyl groups excluding tert-OH is 1. The Morgan fingerprint density at radius 1 is 1.44 bits per heavy atom. The first-order valence-electron chi connectivity index (χ1n) is 5.29. The number of halogens is 2. The molecule has 16 heavy (non-hydrogen) atoms. The van der Waals surface area contributed by atoms with E-state index in [2.05, 4.69) is 0 Å². The molecule has 0 radical (unpaired) electrons. The fourth-order valence-electron chi connectivity index (χ4n) is 1.93. The largest absolute Gasteiger partial charge is 0.391 e. The average Bonchev–Trinajstić information content (AvgIpc) is 2.99. The summed E-state index contributed by atoms with van der Waals surface area (Å²) in [5, 5.41) is 9.89. The Hall–Kier alpha value is -0.640. The first kappa shape index (κ1) is 13.4. The third kappa shape index (κ3) is 2.73. The van der Waals surface area contributed by atoms with Crippen LogP contribution in [0.5, 0.6) is 0 Å². The van der Waals surface area contributed by atoms with E-state index in [9.17, 15) is 9.50 Å². The van der Waals surface area contributed by atoms with Crippen molar-refractivity contribution in [2.75, 3.05) is 0 Å². The molecule has 0 saturated heterocycles. The Balaban J connectivity index is 0.00000128. The van der Waals surface area contributed by atoms with Crippen molar-refractivity contribution >= 4 is 12.4 Å². The molecule has 0 aromatic heterocycles. The minimum Gasteiger partial charge on any atom is -0.391 e. The molecular formula is C12H17ClFNO. The van der Waals surface area contributed by atoms with E-state index in [0.717, 1.165) is 24.0 Å². The van der Waals surface area contributed by atoms with Crippen LogP contribution in [0.1, 0.15) is 30.0 Å². The van der Waals surface area contributed by atoms with Gasteiger partial charge in [0.05, 0.1) is 12.1 Å². The highest BCUT2D eigenvalue weighted by Crippen LogP contribution is 2.37. The molecule has 2 atom stereocenters. The predicted octanol–water partition coefficient (Wildman–Crippen LogP) is 2.33. The summed E-state index contributed by atoms with van der Waals surface area (Å²) in [7, 11) is 0. The maximum atomic E-state index is 12.9. The van der Waals surface area contributed by atoms with Gasteiger partial charge in [0, 0.05) is 0 Å². The smallest absolute Gasteiger partial charge is 0.123 e. The molecule has 0 bridgehead atoms. The van der Waals surface area contributed by atoms with Gasteiger partial charge in [-0.25, -0.2) is 4.39 Å². The summed E-state index contributed by atoms with van der Waals surface area (Å²) >= 11 is 0. The number of hydrogen-bond donors (Lipinski definition) is 2. The van der Waals surface area contributed by atoms with Gasteiger partial charge in [-0.2, -0.15) is 0 Å². The zero-order valence-corrected chi connectivity index (χ0v) is 10.0. The van der Waals surface area contributed by atoms with E-state index in [1.807, 2.05) is 6.92 Å². The molecule has 1 aliphatic carbocycles. The van der Waals surface area contributed by atoms with Gasteiger partial charge in [-0.05, 0) is 48.9 Å². The lowest BCUT2D eigenvalue weighted by atomic mass is 9.95. The zero-order valence-electron chi connectivity index (χ0n) is 9.19. The lowest BCUT2D eigenvalue weighted by Gasteiger charge is -2.20. The molecule has 0 aliphatic heterocycles. The van der Waals surface area contributed by atoms with Crippen LogP contribution >= 0.6 is 12.4 Å². The van der Waals surface area contributed by atoms with Crippen LogP contribution in [0.4, 0.5) is 4.39 Å². The molecule has 4 heteroatoms. The van der Waals surface area contributed by atoms with Gasteiger partial charge in [-0.1, -0.05) is 6.07 Å². The molecule has 0 amide bonds. The summed E-state index contributed by atoms with van der Waals surface area (Å²) in [5.41, 5.74) is 7.61. The lowest BCUT2D eigenvalue weighted by Crippen LogP contribution is -2.28. The first-order chi connectivity index (χ1) is 7.09. The highest BCUT2D eigenvalue weighted by atomic mass is 35.5. The minimum atomic E-state index is -0.492. The van der Waals surface area contributed by atoms with Crippen LogP contribution in [0.2, 0.25) is 0 Å². The van der Waals surface area contributed by atoms with E-state index in [-0.39, 0.29) is 18.2 Å². The Morgan fingerprint density at radius 2 is 2.06 bits per heavy atom. The fourth-order valence-corrected chi connectivity index (χ4v) is 1.93. The number of hydrogen-bond acceptors (Lipinski definition) is 2. The molecule has 1 fully saturated rings. The Bertz CT molecular complexity index is 368. The summed E-state index contributed by atoms with van der Waals surface area (Å²) < 4.78 is 12.9. The van der Waals surface area contributed by atoms with Gasteiger partial charge < -0.3 is 10.8 Å². The maximum absolute atomic E-state index is 12.9. The van der Waals surface area contributed by atoms with Crippen LogP contribution in [0.25, 0.3) is 0 Å². The van der Waals surface area contributed by atoms with Crippen LogP contribution in [-0.2, 0) is 0 Å². The fraction of sp³-hybridized carbons (Fsp3) is 0.500. The Labute approximate surface area is 101 Å². The molecule has 1 saturated carbocycles. The van der Waals surface area contributed by atoms with Crippen LogP contribution in [0.3, 0.4) is 0 Å². The third-order valence-corrected chi connectivity index (χ3v) is 3.06. The van der Waals surface area contributed by atoms with Crippen molar-refractivity contribution < 1.29 is 9.50 Å². The van der Waals surface area contributed by atoms with E-state index in [0.29, 0.717) is 5.92 Å². The normalized spacial score (nSPS) is 18.8. The SMILES string of the molecule is Cc1cc(F)ccc1[C@@H](N)[C@@H](O)C1CC1.Cl. The summed E-state index contributed by atoms with van der Waals surface area (Å²) in [6, 6.07) is 4.12. The van der Waals surface area contributed by atoms with Crippen LogP contribution in [0, 0.1) is 18.7 Å². The predicted molar refractivity (Wildman–Crippen MR) is 64.0 cm³/mol. The van der Waals surface area contributed by atoms with Crippen molar-refractivity contribution in [1.29, 1.82) is 0 Å². The van der Waals surface area contributed by atoms with Crippen LogP contribution < -0.4 is 5.73 Å². The highest BCUT2D eigenvalue weighted by Gasteiger charge is 2.34. The molecule has 3 N–H and O–H groups in total. The highest BCUT2D eigenvalue weighted by molar-refractivity contribution is 5.85. The Kier molecular flexibility index (Phi) is 4.30. The van der Waals surface area contributed by atoms with Crippen LogP contribution in [-0.4, -0.2) is 11.2 Å². The third-order valence-electron chi connectivity index (χ3n) is 3.06. The van der Waals surface area contributed by atoms with Gasteiger partial charge >= 0.3 is 0 Å². The van der Waals surface area contributed by atoms with Crippen molar-refractivity contribution in [3.63, 3.8) is 0 Å². The number of aryl methyl sites for hydroxylation is 1. The summed E-state index contributed by atoms with van der Waals surface area (Å²) in [5.74, 6) is 0.0776. The monoisotopic (exact) mass is 245 g/mol. The molecular weight excluding hydrogens is 229 g/mol. The zero-order chi connectivity index (χ0) is 11.0. The van der Waals surface area contributed by atoms with Crippen molar-refractivity contribution in [2.45, 2.75) is 31.9 Å². The Morgan fingerprint density at radius 3 is 2.56 bits per heavy atom. The van der Waals surface area contributed by atoms with Gasteiger partial charge in [0.2, 0.25) is 0 Å². The van der Waals surface area contributed by atoms with Gasteiger partial charge in [-0.15, -0.1) is 12.4 Å². The quantitative estimate of drug-likeness (QED) is 0.859. The molecule has 90 valence electrons. The number of nitrogens with two attached hydrogens (primary N) is 1. The molecule has 2 nitrogen and oxygen atoms in total. The molecule has 1 aromatic rings. The number of rotatable bonds is 3. The molecule has 1 aliphatic rings. The number of benzene rings is 1.